The van der Waals surface area contributed by atoms with Gasteiger partial charge in [0.25, 0.3) is 0 Å². The number of halogens is 1. The molecular weight excluding hydrogens is 414 g/mol. The number of amides is 1. The van der Waals surface area contributed by atoms with E-state index in [0.717, 1.165) is 38.3 Å². The lowest BCUT2D eigenvalue weighted by atomic mass is 10.1. The van der Waals surface area contributed by atoms with E-state index in [1.165, 1.54) is 11.8 Å². The number of aromatic nitrogens is 2. The van der Waals surface area contributed by atoms with Crippen molar-refractivity contribution in [3.8, 4) is 11.4 Å². The normalized spacial score (nSPS) is 10.9. The Morgan fingerprint density at radius 3 is 2.60 bits per heavy atom. The predicted molar refractivity (Wildman–Crippen MR) is 125 cm³/mol. The highest BCUT2D eigenvalue weighted by atomic mass is 35.5. The Bertz CT molecular complexity index is 1230. The van der Waals surface area contributed by atoms with Crippen molar-refractivity contribution in [2.75, 3.05) is 11.1 Å². The lowest BCUT2D eigenvalue weighted by Gasteiger charge is -2.11. The van der Waals surface area contributed by atoms with E-state index in [9.17, 15) is 4.79 Å². The Labute approximate surface area is 184 Å². The molecule has 1 heterocycles. The van der Waals surface area contributed by atoms with Gasteiger partial charge in [0.15, 0.2) is 5.82 Å². The first-order valence-electron chi connectivity index (χ1n) is 9.52. The standard InChI is InChI=1S/C24H20ClN3OS/c1-15-8-9-16(2)21(12-15)26-22(29)14-30-24-19-13-18(25)10-11-20(19)27-23(28-24)17-6-4-3-5-7-17/h3-13H,14H2,1-2H3,(H,26,29). The summed E-state index contributed by atoms with van der Waals surface area (Å²) < 4.78 is 0. The Kier molecular flexibility index (Phi) is 6.02. The molecule has 0 saturated heterocycles. The highest BCUT2D eigenvalue weighted by Gasteiger charge is 2.13. The highest BCUT2D eigenvalue weighted by molar-refractivity contribution is 8.00. The maximum Gasteiger partial charge on any atom is 0.234 e. The molecule has 0 unspecified atom stereocenters. The predicted octanol–water partition coefficient (Wildman–Crippen LogP) is 6.30. The molecule has 30 heavy (non-hydrogen) atoms. The van der Waals surface area contributed by atoms with E-state index in [4.69, 9.17) is 16.6 Å². The monoisotopic (exact) mass is 433 g/mol. The quantitative estimate of drug-likeness (QED) is 0.296. The van der Waals surface area contributed by atoms with Crippen molar-refractivity contribution in [3.63, 3.8) is 0 Å². The van der Waals surface area contributed by atoms with E-state index in [-0.39, 0.29) is 11.7 Å². The first kappa shape index (κ1) is 20.4. The van der Waals surface area contributed by atoms with Gasteiger partial charge in [-0.05, 0) is 49.2 Å². The van der Waals surface area contributed by atoms with Gasteiger partial charge in [-0.3, -0.25) is 4.79 Å². The molecule has 0 atom stereocenters. The van der Waals surface area contributed by atoms with Crippen LogP contribution in [0.25, 0.3) is 22.3 Å². The van der Waals surface area contributed by atoms with Crippen LogP contribution in [0.15, 0.2) is 71.8 Å². The van der Waals surface area contributed by atoms with Gasteiger partial charge in [0.2, 0.25) is 5.91 Å². The van der Waals surface area contributed by atoms with Crippen LogP contribution in [0, 0.1) is 13.8 Å². The van der Waals surface area contributed by atoms with Gasteiger partial charge in [-0.2, -0.15) is 0 Å². The van der Waals surface area contributed by atoms with Crippen LogP contribution in [0.3, 0.4) is 0 Å². The van der Waals surface area contributed by atoms with Crippen LogP contribution in [0.2, 0.25) is 5.02 Å². The molecule has 1 N–H and O–H groups in total. The second kappa shape index (κ2) is 8.86. The summed E-state index contributed by atoms with van der Waals surface area (Å²) in [6.45, 7) is 3.99. The third-order valence-corrected chi connectivity index (χ3v) is 5.89. The van der Waals surface area contributed by atoms with Crippen molar-refractivity contribution in [1.82, 2.24) is 9.97 Å². The van der Waals surface area contributed by atoms with E-state index in [2.05, 4.69) is 10.3 Å². The van der Waals surface area contributed by atoms with Crippen molar-refractivity contribution >= 4 is 45.9 Å². The van der Waals surface area contributed by atoms with Gasteiger partial charge in [-0.25, -0.2) is 9.97 Å². The van der Waals surface area contributed by atoms with Gasteiger partial charge in [0.05, 0.1) is 11.3 Å². The molecule has 4 aromatic rings. The summed E-state index contributed by atoms with van der Waals surface area (Å²) in [7, 11) is 0. The Balaban J connectivity index is 1.61. The van der Waals surface area contributed by atoms with Crippen molar-refractivity contribution in [1.29, 1.82) is 0 Å². The molecule has 3 aromatic carbocycles. The van der Waals surface area contributed by atoms with Crippen molar-refractivity contribution in [3.05, 3.63) is 82.9 Å². The molecule has 0 aliphatic heterocycles. The van der Waals surface area contributed by atoms with E-state index in [1.807, 2.05) is 80.6 Å². The zero-order valence-electron chi connectivity index (χ0n) is 16.6. The number of carbonyl (C=O) groups excluding carboxylic acids is 1. The van der Waals surface area contributed by atoms with E-state index < -0.39 is 0 Å². The molecule has 0 fully saturated rings. The van der Waals surface area contributed by atoms with Crippen LogP contribution in [0.4, 0.5) is 5.69 Å². The van der Waals surface area contributed by atoms with Crippen LogP contribution in [0.1, 0.15) is 11.1 Å². The molecule has 1 aromatic heterocycles. The van der Waals surface area contributed by atoms with Gasteiger partial charge in [0, 0.05) is 21.7 Å². The minimum Gasteiger partial charge on any atom is -0.325 e. The topological polar surface area (TPSA) is 54.9 Å². The summed E-state index contributed by atoms with van der Waals surface area (Å²) in [5, 5.41) is 5.18. The zero-order valence-corrected chi connectivity index (χ0v) is 18.2. The molecule has 0 spiro atoms. The number of anilines is 1. The van der Waals surface area contributed by atoms with Gasteiger partial charge < -0.3 is 5.32 Å². The Morgan fingerprint density at radius 2 is 1.80 bits per heavy atom. The number of rotatable bonds is 5. The van der Waals surface area contributed by atoms with Gasteiger partial charge in [-0.15, -0.1) is 0 Å². The minimum absolute atomic E-state index is 0.0799. The second-order valence-electron chi connectivity index (χ2n) is 7.04. The second-order valence-corrected chi connectivity index (χ2v) is 8.44. The number of nitrogens with one attached hydrogen (secondary N) is 1. The summed E-state index contributed by atoms with van der Waals surface area (Å²) in [5.74, 6) is 0.784. The van der Waals surface area contributed by atoms with Gasteiger partial charge >= 0.3 is 0 Å². The van der Waals surface area contributed by atoms with Crippen molar-refractivity contribution < 1.29 is 4.79 Å². The molecule has 4 nitrogen and oxygen atoms in total. The van der Waals surface area contributed by atoms with E-state index in [0.29, 0.717) is 10.8 Å². The molecule has 0 radical (unpaired) electrons. The molecule has 0 saturated carbocycles. The van der Waals surface area contributed by atoms with Crippen LogP contribution in [-0.4, -0.2) is 21.6 Å². The maximum absolute atomic E-state index is 12.6. The number of carbonyl (C=O) groups is 1. The van der Waals surface area contributed by atoms with Crippen molar-refractivity contribution in [2.24, 2.45) is 0 Å². The fourth-order valence-electron chi connectivity index (χ4n) is 3.09. The fraction of sp³-hybridized carbons (Fsp3) is 0.125. The smallest absolute Gasteiger partial charge is 0.234 e. The summed E-state index contributed by atoms with van der Waals surface area (Å²) in [6.07, 6.45) is 0. The third kappa shape index (κ3) is 4.64. The summed E-state index contributed by atoms with van der Waals surface area (Å²) >= 11 is 7.59. The van der Waals surface area contributed by atoms with Crippen LogP contribution >= 0.6 is 23.4 Å². The fourth-order valence-corrected chi connectivity index (χ4v) is 4.07. The molecule has 1 amide bonds. The SMILES string of the molecule is Cc1ccc(C)c(NC(=O)CSc2nc(-c3ccccc3)nc3ccc(Cl)cc23)c1. The number of hydrogen-bond donors (Lipinski definition) is 1. The first-order valence-corrected chi connectivity index (χ1v) is 10.9. The molecule has 6 heteroatoms. The first-order chi connectivity index (χ1) is 14.5. The number of nitrogens with zero attached hydrogens (tertiary/aromatic N) is 2. The molecule has 4 rings (SSSR count). The van der Waals surface area contributed by atoms with Crippen LogP contribution in [0.5, 0.6) is 0 Å². The molecule has 0 bridgehead atoms. The minimum atomic E-state index is -0.0799. The summed E-state index contributed by atoms with van der Waals surface area (Å²) in [4.78, 5) is 22.0. The number of benzene rings is 3. The molecule has 0 aliphatic carbocycles. The number of thioether (sulfide) groups is 1. The van der Waals surface area contributed by atoms with Crippen LogP contribution in [-0.2, 0) is 4.79 Å². The van der Waals surface area contributed by atoms with Crippen LogP contribution < -0.4 is 5.32 Å². The highest BCUT2D eigenvalue weighted by Crippen LogP contribution is 2.30. The molecule has 0 aliphatic rings. The average molecular weight is 434 g/mol. The van der Waals surface area contributed by atoms with Crippen molar-refractivity contribution in [2.45, 2.75) is 18.9 Å². The third-order valence-electron chi connectivity index (χ3n) is 4.66. The average Bonchev–Trinajstić information content (AvgIpc) is 2.75. The van der Waals surface area contributed by atoms with Gasteiger partial charge in [0.1, 0.15) is 5.03 Å². The van der Waals surface area contributed by atoms with E-state index in [1.54, 1.807) is 0 Å². The molecular formula is C24H20ClN3OS. The lowest BCUT2D eigenvalue weighted by Crippen LogP contribution is -2.15. The largest absolute Gasteiger partial charge is 0.325 e. The summed E-state index contributed by atoms with van der Waals surface area (Å²) in [6, 6.07) is 21.4. The summed E-state index contributed by atoms with van der Waals surface area (Å²) in [5.41, 5.74) is 4.69. The number of aryl methyl sites for hydroxylation is 2. The zero-order chi connectivity index (χ0) is 21.1. The van der Waals surface area contributed by atoms with Gasteiger partial charge in [-0.1, -0.05) is 65.8 Å². The molecule has 150 valence electrons. The Hall–Kier alpha value is -2.89. The maximum atomic E-state index is 12.6. The number of fused-ring (bicyclic) bond motifs is 1. The Morgan fingerprint density at radius 1 is 1.00 bits per heavy atom. The van der Waals surface area contributed by atoms with E-state index >= 15 is 0 Å². The number of hydrogen-bond acceptors (Lipinski definition) is 4. The lowest BCUT2D eigenvalue weighted by molar-refractivity contribution is -0.113.